The quantitative estimate of drug-likeness (QED) is 0.662. The molecular weight excluding hydrogens is 272 g/mol. The van der Waals surface area contributed by atoms with E-state index in [1.54, 1.807) is 0 Å². The van der Waals surface area contributed by atoms with Crippen LogP contribution in [-0.2, 0) is 0 Å². The van der Waals surface area contributed by atoms with E-state index in [1.807, 2.05) is 0 Å². The van der Waals surface area contributed by atoms with Gasteiger partial charge in [-0.1, -0.05) is 32.0 Å². The molecule has 19 heavy (non-hydrogen) atoms. The van der Waals surface area contributed by atoms with Gasteiger partial charge in [-0.25, -0.2) is 0 Å². The Labute approximate surface area is 125 Å². The Kier molecular flexibility index (Phi) is 5.23. The topological polar surface area (TPSA) is 38.0 Å². The van der Waals surface area contributed by atoms with Crippen LogP contribution < -0.4 is 11.3 Å². The summed E-state index contributed by atoms with van der Waals surface area (Å²) in [6.45, 7) is 8.96. The number of hydrogen-bond donors (Lipinski definition) is 2. The second kappa shape index (κ2) is 6.53. The number of hydrogen-bond acceptors (Lipinski definition) is 4. The summed E-state index contributed by atoms with van der Waals surface area (Å²) in [4.78, 5) is 0. The molecule has 0 saturated carbocycles. The number of aryl methyl sites for hydroxylation is 2. The van der Waals surface area contributed by atoms with Gasteiger partial charge in [0, 0.05) is 21.5 Å². The van der Waals surface area contributed by atoms with Crippen molar-refractivity contribution in [1.29, 1.82) is 0 Å². The van der Waals surface area contributed by atoms with Crippen molar-refractivity contribution in [3.63, 3.8) is 0 Å². The molecule has 4 unspecified atom stereocenters. The SMILES string of the molecule is Cc1ccc(C(NN)C2CSC(C)C(C)S2)cc1C. The minimum atomic E-state index is 0.242. The molecule has 1 aromatic rings. The predicted octanol–water partition coefficient (Wildman–Crippen LogP) is 3.43. The lowest BCUT2D eigenvalue weighted by Gasteiger charge is -2.36. The molecule has 0 bridgehead atoms. The van der Waals surface area contributed by atoms with E-state index in [2.05, 4.69) is 74.8 Å². The highest BCUT2D eigenvalue weighted by atomic mass is 32.2. The van der Waals surface area contributed by atoms with Gasteiger partial charge in [0.25, 0.3) is 0 Å². The molecule has 1 aliphatic heterocycles. The number of rotatable bonds is 3. The van der Waals surface area contributed by atoms with Crippen molar-refractivity contribution in [2.45, 2.75) is 49.5 Å². The molecule has 4 atom stereocenters. The van der Waals surface area contributed by atoms with Crippen LogP contribution in [0, 0.1) is 13.8 Å². The standard InChI is InChI=1S/C15H24N2S2/c1-9-5-6-13(7-10(9)2)15(17-16)14-8-18-11(3)12(4)19-14/h5-7,11-12,14-15,17H,8,16H2,1-4H3. The Morgan fingerprint density at radius 2 is 1.95 bits per heavy atom. The molecule has 1 aromatic carbocycles. The van der Waals surface area contributed by atoms with Gasteiger partial charge < -0.3 is 0 Å². The molecule has 2 nitrogen and oxygen atoms in total. The summed E-state index contributed by atoms with van der Waals surface area (Å²) in [6, 6.07) is 6.92. The molecule has 0 spiro atoms. The lowest BCUT2D eigenvalue weighted by atomic mass is 9.99. The summed E-state index contributed by atoms with van der Waals surface area (Å²) < 4.78 is 0. The fourth-order valence-corrected chi connectivity index (χ4v) is 5.46. The summed E-state index contributed by atoms with van der Waals surface area (Å²) in [5.41, 5.74) is 7.03. The summed E-state index contributed by atoms with van der Waals surface area (Å²) in [6.07, 6.45) is 0. The van der Waals surface area contributed by atoms with Crippen LogP contribution in [0.5, 0.6) is 0 Å². The van der Waals surface area contributed by atoms with Gasteiger partial charge in [0.1, 0.15) is 0 Å². The lowest BCUT2D eigenvalue weighted by molar-refractivity contribution is 0.549. The van der Waals surface area contributed by atoms with Crippen molar-refractivity contribution in [2.75, 3.05) is 5.75 Å². The lowest BCUT2D eigenvalue weighted by Crippen LogP contribution is -2.40. The maximum Gasteiger partial charge on any atom is 0.0586 e. The summed E-state index contributed by atoms with van der Waals surface area (Å²) in [7, 11) is 0. The Balaban J connectivity index is 2.17. The van der Waals surface area contributed by atoms with E-state index in [4.69, 9.17) is 5.84 Å². The molecule has 0 radical (unpaired) electrons. The largest absolute Gasteiger partial charge is 0.271 e. The van der Waals surface area contributed by atoms with Crippen LogP contribution in [0.4, 0.5) is 0 Å². The highest BCUT2D eigenvalue weighted by molar-refractivity contribution is 8.07. The van der Waals surface area contributed by atoms with Crippen molar-refractivity contribution < 1.29 is 0 Å². The Hall–Kier alpha value is -0.160. The van der Waals surface area contributed by atoms with E-state index in [1.165, 1.54) is 16.7 Å². The smallest absolute Gasteiger partial charge is 0.0586 e. The van der Waals surface area contributed by atoms with Gasteiger partial charge in [-0.05, 0) is 30.5 Å². The number of thioether (sulfide) groups is 2. The van der Waals surface area contributed by atoms with Gasteiger partial charge in [0.15, 0.2) is 0 Å². The summed E-state index contributed by atoms with van der Waals surface area (Å²) >= 11 is 4.13. The molecule has 0 aliphatic carbocycles. The molecule has 0 aromatic heterocycles. The van der Waals surface area contributed by atoms with Crippen LogP contribution in [0.25, 0.3) is 0 Å². The average Bonchev–Trinajstić information content (AvgIpc) is 2.39. The van der Waals surface area contributed by atoms with E-state index >= 15 is 0 Å². The molecule has 4 heteroatoms. The second-order valence-electron chi connectivity index (χ2n) is 5.41. The maximum atomic E-state index is 5.83. The zero-order valence-electron chi connectivity index (χ0n) is 12.1. The van der Waals surface area contributed by atoms with Gasteiger partial charge in [-0.2, -0.15) is 23.5 Å². The molecule has 3 N–H and O–H groups in total. The zero-order valence-corrected chi connectivity index (χ0v) is 13.8. The number of benzene rings is 1. The minimum absolute atomic E-state index is 0.242. The Morgan fingerprint density at radius 3 is 2.53 bits per heavy atom. The maximum absolute atomic E-state index is 5.83. The first-order valence-electron chi connectivity index (χ1n) is 6.83. The molecule has 1 aliphatic rings. The van der Waals surface area contributed by atoms with Crippen LogP contribution in [0.3, 0.4) is 0 Å². The van der Waals surface area contributed by atoms with E-state index in [0.717, 1.165) is 11.0 Å². The molecule has 1 fully saturated rings. The fraction of sp³-hybridized carbons (Fsp3) is 0.600. The van der Waals surface area contributed by atoms with Crippen molar-refractivity contribution >= 4 is 23.5 Å². The highest BCUT2D eigenvalue weighted by Gasteiger charge is 2.31. The first-order valence-corrected chi connectivity index (χ1v) is 8.82. The monoisotopic (exact) mass is 296 g/mol. The second-order valence-corrected chi connectivity index (χ2v) is 8.44. The number of hydrazine groups is 1. The van der Waals surface area contributed by atoms with Crippen molar-refractivity contribution in [1.82, 2.24) is 5.43 Å². The number of nitrogens with one attached hydrogen (secondary N) is 1. The first kappa shape index (κ1) is 15.2. The highest BCUT2D eigenvalue weighted by Crippen LogP contribution is 2.40. The van der Waals surface area contributed by atoms with Crippen LogP contribution in [0.2, 0.25) is 0 Å². The fourth-order valence-electron chi connectivity index (χ4n) is 2.36. The molecular formula is C15H24N2S2. The predicted molar refractivity (Wildman–Crippen MR) is 88.7 cm³/mol. The van der Waals surface area contributed by atoms with E-state index in [-0.39, 0.29) is 6.04 Å². The number of nitrogens with two attached hydrogens (primary N) is 1. The molecule has 2 rings (SSSR count). The Morgan fingerprint density at radius 1 is 1.21 bits per heavy atom. The van der Waals surface area contributed by atoms with E-state index in [9.17, 15) is 0 Å². The molecule has 1 saturated heterocycles. The normalized spacial score (nSPS) is 29.2. The molecule has 1 heterocycles. The van der Waals surface area contributed by atoms with Crippen LogP contribution in [0.15, 0.2) is 18.2 Å². The van der Waals surface area contributed by atoms with E-state index < -0.39 is 0 Å². The Bertz CT molecular complexity index is 436. The summed E-state index contributed by atoms with van der Waals surface area (Å²) in [5.74, 6) is 7.00. The van der Waals surface area contributed by atoms with Crippen LogP contribution in [0.1, 0.15) is 36.6 Å². The van der Waals surface area contributed by atoms with Gasteiger partial charge in [0.2, 0.25) is 0 Å². The van der Waals surface area contributed by atoms with Gasteiger partial charge in [-0.3, -0.25) is 11.3 Å². The third-order valence-corrected chi connectivity index (χ3v) is 7.51. The van der Waals surface area contributed by atoms with Crippen LogP contribution >= 0.6 is 23.5 Å². The van der Waals surface area contributed by atoms with Crippen molar-refractivity contribution in [3.8, 4) is 0 Å². The zero-order chi connectivity index (χ0) is 14.0. The third kappa shape index (κ3) is 3.48. The third-order valence-electron chi connectivity index (χ3n) is 4.02. The first-order chi connectivity index (χ1) is 9.02. The summed E-state index contributed by atoms with van der Waals surface area (Å²) in [5, 5.41) is 1.97. The van der Waals surface area contributed by atoms with Crippen molar-refractivity contribution in [2.24, 2.45) is 5.84 Å². The molecule has 0 amide bonds. The minimum Gasteiger partial charge on any atom is -0.271 e. The molecule has 106 valence electrons. The van der Waals surface area contributed by atoms with Gasteiger partial charge in [-0.15, -0.1) is 0 Å². The average molecular weight is 297 g/mol. The van der Waals surface area contributed by atoms with Crippen LogP contribution in [-0.4, -0.2) is 21.5 Å². The van der Waals surface area contributed by atoms with Crippen molar-refractivity contribution in [3.05, 3.63) is 34.9 Å². The van der Waals surface area contributed by atoms with Gasteiger partial charge in [0.05, 0.1) is 6.04 Å². The van der Waals surface area contributed by atoms with Gasteiger partial charge >= 0.3 is 0 Å². The van der Waals surface area contributed by atoms with E-state index in [0.29, 0.717) is 10.5 Å².